The molecule has 4 aromatic rings. The monoisotopic (exact) mass is 504 g/mol. The van der Waals surface area contributed by atoms with Crippen LogP contribution in [0, 0.1) is 5.82 Å². The number of amides is 1. The third-order valence-corrected chi connectivity index (χ3v) is 6.59. The van der Waals surface area contributed by atoms with Crippen molar-refractivity contribution in [2.75, 3.05) is 33.1 Å². The highest BCUT2D eigenvalue weighted by Gasteiger charge is 2.29. The van der Waals surface area contributed by atoms with Crippen molar-refractivity contribution in [1.82, 2.24) is 25.3 Å². The van der Waals surface area contributed by atoms with Crippen LogP contribution in [0.3, 0.4) is 0 Å². The van der Waals surface area contributed by atoms with Gasteiger partial charge in [-0.2, -0.15) is 0 Å². The second-order valence-electron chi connectivity index (χ2n) is 8.75. The first-order chi connectivity index (χ1) is 17.8. The van der Waals surface area contributed by atoms with E-state index in [0.29, 0.717) is 40.6 Å². The molecule has 0 radical (unpaired) electrons. The predicted octanol–water partition coefficient (Wildman–Crippen LogP) is 4.38. The van der Waals surface area contributed by atoms with Crippen molar-refractivity contribution < 1.29 is 18.7 Å². The Morgan fingerprint density at radius 2 is 1.89 bits per heavy atom. The van der Waals surface area contributed by atoms with Crippen molar-refractivity contribution in [1.29, 1.82) is 0 Å². The summed E-state index contributed by atoms with van der Waals surface area (Å²) in [5, 5.41) is 6.40. The highest BCUT2D eigenvalue weighted by molar-refractivity contribution is 6.06. The molecule has 37 heavy (non-hydrogen) atoms. The SMILES string of the molecule is CC[C@](C)(CNc1cc(-c2cnc(OC)c(OC)c2)ncn1)c1cccc2c(C(=O)NC)c(F)cnc12. The van der Waals surface area contributed by atoms with Crippen LogP contribution in [0.5, 0.6) is 11.6 Å². The average molecular weight is 505 g/mol. The van der Waals surface area contributed by atoms with Gasteiger partial charge in [0.2, 0.25) is 0 Å². The first-order valence-corrected chi connectivity index (χ1v) is 11.8. The van der Waals surface area contributed by atoms with Crippen LogP contribution in [0.4, 0.5) is 10.2 Å². The molecule has 0 aliphatic carbocycles. The lowest BCUT2D eigenvalue weighted by Crippen LogP contribution is -2.31. The number of fused-ring (bicyclic) bond motifs is 1. The molecule has 0 aliphatic heterocycles. The maximum Gasteiger partial charge on any atom is 0.256 e. The number of nitrogens with zero attached hydrogens (tertiary/aromatic N) is 4. The first kappa shape index (κ1) is 25.7. The third-order valence-electron chi connectivity index (χ3n) is 6.59. The number of anilines is 1. The van der Waals surface area contributed by atoms with Gasteiger partial charge in [-0.1, -0.05) is 32.0 Å². The molecule has 10 heteroatoms. The number of carbonyl (C=O) groups excluding carboxylic acids is 1. The van der Waals surface area contributed by atoms with Crippen LogP contribution < -0.4 is 20.1 Å². The molecule has 192 valence electrons. The highest BCUT2D eigenvalue weighted by atomic mass is 19.1. The van der Waals surface area contributed by atoms with Crippen molar-refractivity contribution in [3.05, 3.63) is 66.0 Å². The zero-order valence-corrected chi connectivity index (χ0v) is 21.4. The lowest BCUT2D eigenvalue weighted by Gasteiger charge is -2.30. The average Bonchev–Trinajstić information content (AvgIpc) is 2.94. The van der Waals surface area contributed by atoms with Crippen molar-refractivity contribution in [3.63, 3.8) is 0 Å². The normalized spacial score (nSPS) is 12.6. The molecule has 4 rings (SSSR count). The number of hydrogen-bond donors (Lipinski definition) is 2. The summed E-state index contributed by atoms with van der Waals surface area (Å²) in [6.45, 7) is 4.68. The molecule has 9 nitrogen and oxygen atoms in total. The fourth-order valence-electron chi connectivity index (χ4n) is 4.22. The van der Waals surface area contributed by atoms with Gasteiger partial charge in [0.05, 0.1) is 37.2 Å². The van der Waals surface area contributed by atoms with Crippen LogP contribution in [-0.4, -0.2) is 53.7 Å². The second kappa shape index (κ2) is 10.7. The Balaban J connectivity index is 1.65. The summed E-state index contributed by atoms with van der Waals surface area (Å²) in [4.78, 5) is 29.8. The van der Waals surface area contributed by atoms with Crippen molar-refractivity contribution in [2.24, 2.45) is 0 Å². The molecule has 1 atom stereocenters. The molecule has 3 aromatic heterocycles. The summed E-state index contributed by atoms with van der Waals surface area (Å²) >= 11 is 0. The number of hydrogen-bond acceptors (Lipinski definition) is 8. The number of pyridine rings is 2. The van der Waals surface area contributed by atoms with Gasteiger partial charge in [-0.3, -0.25) is 9.78 Å². The van der Waals surface area contributed by atoms with Crippen LogP contribution in [0.25, 0.3) is 22.2 Å². The predicted molar refractivity (Wildman–Crippen MR) is 140 cm³/mol. The summed E-state index contributed by atoms with van der Waals surface area (Å²) in [6, 6.07) is 9.15. The summed E-state index contributed by atoms with van der Waals surface area (Å²) in [6.07, 6.45) is 5.00. The maximum atomic E-state index is 14.5. The van der Waals surface area contributed by atoms with Gasteiger partial charge in [-0.05, 0) is 18.1 Å². The lowest BCUT2D eigenvalue weighted by atomic mass is 9.78. The number of nitrogens with one attached hydrogen (secondary N) is 2. The smallest absolute Gasteiger partial charge is 0.256 e. The first-order valence-electron chi connectivity index (χ1n) is 11.8. The van der Waals surface area contributed by atoms with Crippen LogP contribution in [-0.2, 0) is 5.41 Å². The number of carbonyl (C=O) groups is 1. The maximum absolute atomic E-state index is 14.5. The standard InChI is InChI=1S/C27H29FN6O3/c1-6-27(2,18-9-7-8-17-23(25(35)29-3)19(28)13-30-24(17)18)14-32-22-11-20(33-15-34-22)16-10-21(36-4)26(37-5)31-12-16/h7-13,15H,6,14H2,1-5H3,(H,29,35)(H,32,33,34)/t27-/m1/s1. The third kappa shape index (κ3) is 5.00. The van der Waals surface area contributed by atoms with Gasteiger partial charge < -0.3 is 20.1 Å². The van der Waals surface area contributed by atoms with Gasteiger partial charge in [-0.25, -0.2) is 19.3 Å². The van der Waals surface area contributed by atoms with Crippen molar-refractivity contribution in [2.45, 2.75) is 25.7 Å². The molecule has 0 fully saturated rings. The van der Waals surface area contributed by atoms with Crippen molar-refractivity contribution in [3.8, 4) is 22.9 Å². The zero-order valence-electron chi connectivity index (χ0n) is 21.4. The molecule has 1 aromatic carbocycles. The minimum atomic E-state index is -0.654. The van der Waals surface area contributed by atoms with Gasteiger partial charge in [-0.15, -0.1) is 0 Å². The zero-order chi connectivity index (χ0) is 26.6. The molecular formula is C27H29FN6O3. The summed E-state index contributed by atoms with van der Waals surface area (Å²) < 4.78 is 25.1. The van der Waals surface area contributed by atoms with Crippen molar-refractivity contribution >= 4 is 22.6 Å². The van der Waals surface area contributed by atoms with Gasteiger partial charge in [0.1, 0.15) is 12.1 Å². The number of rotatable bonds is 9. The molecule has 0 aliphatic rings. The molecule has 0 unspecified atom stereocenters. The molecule has 0 bridgehead atoms. The number of para-hydroxylation sites is 1. The van der Waals surface area contributed by atoms with E-state index in [9.17, 15) is 9.18 Å². The van der Waals surface area contributed by atoms with E-state index in [1.807, 2.05) is 18.2 Å². The minimum Gasteiger partial charge on any atom is -0.491 e. The number of benzene rings is 1. The Morgan fingerprint density at radius 3 is 2.59 bits per heavy atom. The molecule has 1 amide bonds. The molecule has 2 N–H and O–H groups in total. The molecule has 0 saturated carbocycles. The fraction of sp³-hybridized carbons (Fsp3) is 0.296. The Bertz CT molecular complexity index is 1450. The van der Waals surface area contributed by atoms with E-state index in [0.717, 1.165) is 23.7 Å². The van der Waals surface area contributed by atoms with Crippen LogP contribution >= 0.6 is 0 Å². The second-order valence-corrected chi connectivity index (χ2v) is 8.75. The summed E-state index contributed by atoms with van der Waals surface area (Å²) in [5.41, 5.74) is 2.51. The fourth-order valence-corrected chi connectivity index (χ4v) is 4.22. The molecular weight excluding hydrogens is 475 g/mol. The lowest BCUT2D eigenvalue weighted by molar-refractivity contribution is 0.0960. The van der Waals surface area contributed by atoms with E-state index in [1.165, 1.54) is 20.5 Å². The Hall–Kier alpha value is -4.34. The number of ether oxygens (including phenoxy) is 2. The summed E-state index contributed by atoms with van der Waals surface area (Å²) in [7, 11) is 4.56. The number of methoxy groups -OCH3 is 2. The number of halogens is 1. The van der Waals surface area contributed by atoms with Crippen LogP contribution in [0.1, 0.15) is 36.2 Å². The largest absolute Gasteiger partial charge is 0.491 e. The Morgan fingerprint density at radius 1 is 1.08 bits per heavy atom. The Kier molecular flexibility index (Phi) is 7.47. The van der Waals surface area contributed by atoms with Gasteiger partial charge >= 0.3 is 0 Å². The molecule has 3 heterocycles. The van der Waals surface area contributed by atoms with E-state index < -0.39 is 17.1 Å². The van der Waals surface area contributed by atoms with E-state index in [1.54, 1.807) is 25.4 Å². The van der Waals surface area contributed by atoms with E-state index in [2.05, 4.69) is 44.4 Å². The molecule has 0 saturated heterocycles. The highest BCUT2D eigenvalue weighted by Crippen LogP contribution is 2.35. The Labute approximate surface area is 214 Å². The van der Waals surface area contributed by atoms with Crippen LogP contribution in [0.15, 0.2) is 49.1 Å². The quantitative estimate of drug-likeness (QED) is 0.345. The minimum absolute atomic E-state index is 0.00951. The van der Waals surface area contributed by atoms with Gasteiger partial charge in [0.25, 0.3) is 11.8 Å². The van der Waals surface area contributed by atoms with Crippen LogP contribution in [0.2, 0.25) is 0 Å². The topological polar surface area (TPSA) is 111 Å². The molecule has 0 spiro atoms. The van der Waals surface area contributed by atoms with E-state index >= 15 is 0 Å². The summed E-state index contributed by atoms with van der Waals surface area (Å²) in [5.74, 6) is 0.378. The van der Waals surface area contributed by atoms with E-state index in [4.69, 9.17) is 9.47 Å². The number of aromatic nitrogens is 4. The van der Waals surface area contributed by atoms with Gasteiger partial charge in [0, 0.05) is 42.2 Å². The van der Waals surface area contributed by atoms with E-state index in [-0.39, 0.29) is 5.56 Å². The van der Waals surface area contributed by atoms with Gasteiger partial charge in [0.15, 0.2) is 11.6 Å².